The summed E-state index contributed by atoms with van der Waals surface area (Å²) in [4.78, 5) is 0. The van der Waals surface area contributed by atoms with Gasteiger partial charge in [0.1, 0.15) is 0 Å². The molecule has 0 aromatic carbocycles. The van der Waals surface area contributed by atoms with E-state index in [4.69, 9.17) is 0 Å². The third-order valence-electron chi connectivity index (χ3n) is 6.02. The molecule has 1 N–H and O–H groups in total. The maximum atomic E-state index is 11.2. The van der Waals surface area contributed by atoms with Gasteiger partial charge in [0.05, 0.1) is 5.60 Å². The second-order valence-corrected chi connectivity index (χ2v) is 6.87. The van der Waals surface area contributed by atoms with Gasteiger partial charge in [-0.05, 0) is 43.4 Å². The lowest BCUT2D eigenvalue weighted by atomic mass is 9.57. The van der Waals surface area contributed by atoms with E-state index in [1.807, 2.05) is 0 Å². The molecule has 3 saturated carbocycles. The van der Waals surface area contributed by atoms with Crippen LogP contribution in [0.25, 0.3) is 0 Å². The van der Waals surface area contributed by atoms with E-state index in [1.54, 1.807) is 0 Å². The summed E-state index contributed by atoms with van der Waals surface area (Å²) in [6.07, 6.45) is 16.1. The lowest BCUT2D eigenvalue weighted by molar-refractivity contribution is -0.138. The van der Waals surface area contributed by atoms with Gasteiger partial charge in [-0.1, -0.05) is 51.4 Å². The van der Waals surface area contributed by atoms with E-state index < -0.39 is 0 Å². The Morgan fingerprint density at radius 3 is 2.06 bits per heavy atom. The molecular formula is C16H28O. The number of rotatable bonds is 2. The van der Waals surface area contributed by atoms with Crippen LogP contribution in [-0.2, 0) is 0 Å². The Morgan fingerprint density at radius 2 is 1.41 bits per heavy atom. The van der Waals surface area contributed by atoms with Crippen LogP contribution < -0.4 is 0 Å². The Kier molecular flexibility index (Phi) is 3.47. The Labute approximate surface area is 106 Å². The standard InChI is InChI=1S/C16H28O/c17-16(14-9-6-10-14)12-5-4-11-15(16)13-7-2-1-3-8-13/h13-15,17H,1-12H2. The number of hydrogen-bond donors (Lipinski definition) is 1. The fourth-order valence-electron chi connectivity index (χ4n) is 4.80. The van der Waals surface area contributed by atoms with E-state index in [1.165, 1.54) is 70.6 Å². The molecule has 1 heteroatoms. The zero-order valence-electron chi connectivity index (χ0n) is 11.2. The van der Waals surface area contributed by atoms with Gasteiger partial charge >= 0.3 is 0 Å². The summed E-state index contributed by atoms with van der Waals surface area (Å²) in [5.41, 5.74) is -0.251. The quantitative estimate of drug-likeness (QED) is 0.758. The third-order valence-corrected chi connectivity index (χ3v) is 6.02. The zero-order valence-corrected chi connectivity index (χ0v) is 11.2. The van der Waals surface area contributed by atoms with Crippen molar-refractivity contribution in [1.29, 1.82) is 0 Å². The summed E-state index contributed by atoms with van der Waals surface area (Å²) >= 11 is 0. The van der Waals surface area contributed by atoms with Gasteiger partial charge in [0.2, 0.25) is 0 Å². The molecule has 0 bridgehead atoms. The van der Waals surface area contributed by atoms with Crippen molar-refractivity contribution in [3.05, 3.63) is 0 Å². The van der Waals surface area contributed by atoms with Gasteiger partial charge < -0.3 is 5.11 Å². The highest BCUT2D eigenvalue weighted by molar-refractivity contribution is 5.00. The van der Waals surface area contributed by atoms with Crippen molar-refractivity contribution in [2.75, 3.05) is 0 Å². The van der Waals surface area contributed by atoms with E-state index in [-0.39, 0.29) is 5.60 Å². The minimum absolute atomic E-state index is 0.251. The van der Waals surface area contributed by atoms with E-state index >= 15 is 0 Å². The summed E-state index contributed by atoms with van der Waals surface area (Å²) in [7, 11) is 0. The van der Waals surface area contributed by atoms with Crippen molar-refractivity contribution < 1.29 is 5.11 Å². The third kappa shape index (κ3) is 2.16. The average Bonchev–Trinajstić information content (AvgIpc) is 2.28. The molecule has 0 saturated heterocycles. The second kappa shape index (κ2) is 4.91. The normalized spacial score (nSPS) is 41.1. The van der Waals surface area contributed by atoms with Crippen molar-refractivity contribution in [2.45, 2.75) is 82.7 Å². The first-order chi connectivity index (χ1) is 8.31. The molecule has 0 aromatic heterocycles. The molecule has 0 aromatic rings. The summed E-state index contributed by atoms with van der Waals surface area (Å²) in [5.74, 6) is 2.17. The van der Waals surface area contributed by atoms with Crippen LogP contribution in [0.15, 0.2) is 0 Å². The highest BCUT2D eigenvalue weighted by atomic mass is 16.3. The second-order valence-electron chi connectivity index (χ2n) is 6.87. The molecule has 3 aliphatic carbocycles. The highest BCUT2D eigenvalue weighted by Gasteiger charge is 2.49. The molecule has 3 rings (SSSR count). The van der Waals surface area contributed by atoms with Crippen molar-refractivity contribution in [3.8, 4) is 0 Å². The van der Waals surface area contributed by atoms with Crippen LogP contribution in [0.5, 0.6) is 0 Å². The number of aliphatic hydroxyl groups is 1. The Morgan fingerprint density at radius 1 is 0.706 bits per heavy atom. The zero-order chi connectivity index (χ0) is 11.7. The van der Waals surface area contributed by atoms with Gasteiger partial charge in [0.15, 0.2) is 0 Å². The van der Waals surface area contributed by atoms with Crippen molar-refractivity contribution in [3.63, 3.8) is 0 Å². The first-order valence-corrected chi connectivity index (χ1v) is 8.03. The van der Waals surface area contributed by atoms with Gasteiger partial charge in [-0.3, -0.25) is 0 Å². The SMILES string of the molecule is OC1(C2CCC2)CCCCC1C1CCCCC1. The fourth-order valence-corrected chi connectivity index (χ4v) is 4.80. The monoisotopic (exact) mass is 236 g/mol. The van der Waals surface area contributed by atoms with Gasteiger partial charge in [-0.25, -0.2) is 0 Å². The molecule has 2 atom stereocenters. The van der Waals surface area contributed by atoms with Crippen molar-refractivity contribution in [1.82, 2.24) is 0 Å². The molecule has 3 fully saturated rings. The molecule has 98 valence electrons. The van der Waals surface area contributed by atoms with Crippen LogP contribution >= 0.6 is 0 Å². The van der Waals surface area contributed by atoms with Crippen LogP contribution in [0, 0.1) is 17.8 Å². The molecule has 2 unspecified atom stereocenters. The van der Waals surface area contributed by atoms with Crippen LogP contribution in [0.3, 0.4) is 0 Å². The Bertz CT molecular complexity index is 252. The minimum Gasteiger partial charge on any atom is -0.389 e. The highest BCUT2D eigenvalue weighted by Crippen LogP contribution is 2.51. The molecule has 0 radical (unpaired) electrons. The van der Waals surface area contributed by atoms with Gasteiger partial charge in [-0.2, -0.15) is 0 Å². The van der Waals surface area contributed by atoms with E-state index in [0.717, 1.165) is 12.3 Å². The maximum Gasteiger partial charge on any atom is 0.0706 e. The van der Waals surface area contributed by atoms with Crippen molar-refractivity contribution in [2.24, 2.45) is 17.8 Å². The first kappa shape index (κ1) is 12.0. The van der Waals surface area contributed by atoms with Crippen LogP contribution in [-0.4, -0.2) is 10.7 Å². The van der Waals surface area contributed by atoms with E-state index in [9.17, 15) is 5.11 Å². The summed E-state index contributed by atoms with van der Waals surface area (Å²) in [6.45, 7) is 0. The Hall–Kier alpha value is -0.0400. The average molecular weight is 236 g/mol. The van der Waals surface area contributed by atoms with Crippen LogP contribution in [0.2, 0.25) is 0 Å². The molecule has 0 aliphatic heterocycles. The van der Waals surface area contributed by atoms with Crippen molar-refractivity contribution >= 4 is 0 Å². The van der Waals surface area contributed by atoms with Crippen LogP contribution in [0.1, 0.15) is 77.0 Å². The molecule has 0 amide bonds. The summed E-state index contributed by atoms with van der Waals surface area (Å²) < 4.78 is 0. The lowest BCUT2D eigenvalue weighted by Crippen LogP contribution is -2.52. The molecule has 17 heavy (non-hydrogen) atoms. The fraction of sp³-hybridized carbons (Fsp3) is 1.00. The largest absolute Gasteiger partial charge is 0.389 e. The maximum absolute atomic E-state index is 11.2. The smallest absolute Gasteiger partial charge is 0.0706 e. The minimum atomic E-state index is -0.251. The topological polar surface area (TPSA) is 20.2 Å². The summed E-state index contributed by atoms with van der Waals surface area (Å²) in [6, 6.07) is 0. The lowest BCUT2D eigenvalue weighted by Gasteiger charge is -2.52. The predicted octanol–water partition coefficient (Wildman–Crippen LogP) is 4.29. The van der Waals surface area contributed by atoms with Gasteiger partial charge in [0, 0.05) is 0 Å². The molecule has 0 heterocycles. The molecule has 3 aliphatic rings. The molecular weight excluding hydrogens is 208 g/mol. The number of hydrogen-bond acceptors (Lipinski definition) is 1. The first-order valence-electron chi connectivity index (χ1n) is 8.03. The molecule has 1 nitrogen and oxygen atoms in total. The summed E-state index contributed by atoms with van der Waals surface area (Å²) in [5, 5.41) is 11.2. The van der Waals surface area contributed by atoms with E-state index in [2.05, 4.69) is 0 Å². The van der Waals surface area contributed by atoms with E-state index in [0.29, 0.717) is 11.8 Å². The van der Waals surface area contributed by atoms with Gasteiger partial charge in [0.25, 0.3) is 0 Å². The van der Waals surface area contributed by atoms with Crippen LogP contribution in [0.4, 0.5) is 0 Å². The molecule has 0 spiro atoms. The Balaban J connectivity index is 1.73. The van der Waals surface area contributed by atoms with Gasteiger partial charge in [-0.15, -0.1) is 0 Å². The predicted molar refractivity (Wildman–Crippen MR) is 70.8 cm³/mol.